The fourth-order valence-corrected chi connectivity index (χ4v) is 0.979. The van der Waals surface area contributed by atoms with Crippen LogP contribution in [-0.4, -0.2) is 6.17 Å². The molecule has 0 radical (unpaired) electrons. The first-order valence-corrected chi connectivity index (χ1v) is 3.66. The predicted molar refractivity (Wildman–Crippen MR) is 37.3 cm³/mol. The maximum atomic E-state index is 8.60. The molecule has 10 heavy (non-hydrogen) atoms. The Labute approximate surface area is 60.8 Å². The van der Waals surface area contributed by atoms with Crippen LogP contribution < -0.4 is 0 Å². The fraction of sp³-hybridized carbons (Fsp3) is 0.857. The molecule has 3 heteroatoms. The summed E-state index contributed by atoms with van der Waals surface area (Å²) in [6.45, 7) is 2.09. The summed E-state index contributed by atoms with van der Waals surface area (Å²) in [5, 5.41) is 16.1. The van der Waals surface area contributed by atoms with Gasteiger partial charge in [-0.3, -0.25) is 0 Å². The first-order chi connectivity index (χ1) is 4.86. The number of hydrogen-bond donors (Lipinski definition) is 0. The third-order valence-corrected chi connectivity index (χ3v) is 1.59. The molecule has 1 unspecified atom stereocenters. The fourth-order valence-electron chi connectivity index (χ4n) is 0.979. The van der Waals surface area contributed by atoms with Crippen LogP contribution in [-0.2, 0) is 0 Å². The zero-order chi connectivity index (χ0) is 7.40. The summed E-state index contributed by atoms with van der Waals surface area (Å²) >= 11 is 0. The highest BCUT2D eigenvalue weighted by molar-refractivity contribution is 4.87. The van der Waals surface area contributed by atoms with Gasteiger partial charge in [0.25, 0.3) is 0 Å². The second kappa shape index (κ2) is 3.31. The summed E-state index contributed by atoms with van der Waals surface area (Å²) in [6, 6.07) is 2.25. The lowest BCUT2D eigenvalue weighted by atomic mass is 10.0. The Morgan fingerprint density at radius 1 is 1.60 bits per heavy atom. The van der Waals surface area contributed by atoms with Crippen molar-refractivity contribution < 1.29 is 0 Å². The monoisotopic (exact) mass is 137 g/mol. The summed E-state index contributed by atoms with van der Waals surface area (Å²) in [5.41, 5.74) is 0. The summed E-state index contributed by atoms with van der Waals surface area (Å²) in [4.78, 5) is 0. The Morgan fingerprint density at radius 3 is 2.70 bits per heavy atom. The van der Waals surface area contributed by atoms with Crippen molar-refractivity contribution in [2.24, 2.45) is 16.1 Å². The van der Waals surface area contributed by atoms with Crippen LogP contribution in [0.15, 0.2) is 10.2 Å². The molecule has 3 nitrogen and oxygen atoms in total. The van der Waals surface area contributed by atoms with Crippen LogP contribution in [0.4, 0.5) is 0 Å². The van der Waals surface area contributed by atoms with E-state index in [9.17, 15) is 0 Å². The van der Waals surface area contributed by atoms with E-state index in [1.54, 1.807) is 0 Å². The summed E-state index contributed by atoms with van der Waals surface area (Å²) in [7, 11) is 0. The largest absolute Gasteiger partial charge is 0.198 e. The molecule has 0 aliphatic carbocycles. The number of nitrogens with zero attached hydrogens (tertiary/aromatic N) is 3. The minimum atomic E-state index is 0.163. The molecule has 0 bridgehead atoms. The standard InChI is InChI=1S/C7H11N3/c1-2-3-6(5-8)4-7-9-10-7/h6-7H,2-4H2,1H3. The Kier molecular flexibility index (Phi) is 2.38. The molecule has 1 aliphatic heterocycles. The van der Waals surface area contributed by atoms with Gasteiger partial charge in [0.1, 0.15) is 0 Å². The third kappa shape index (κ3) is 2.14. The molecule has 0 aromatic carbocycles. The number of nitriles is 1. The molecule has 54 valence electrons. The Balaban J connectivity index is 2.13. The van der Waals surface area contributed by atoms with Crippen molar-refractivity contribution in [3.63, 3.8) is 0 Å². The molecule has 0 saturated heterocycles. The van der Waals surface area contributed by atoms with Crippen LogP contribution in [0, 0.1) is 17.2 Å². The molecular weight excluding hydrogens is 126 g/mol. The van der Waals surface area contributed by atoms with E-state index in [1.165, 1.54) is 0 Å². The van der Waals surface area contributed by atoms with Gasteiger partial charge in [-0.1, -0.05) is 13.3 Å². The topological polar surface area (TPSA) is 48.5 Å². The van der Waals surface area contributed by atoms with E-state index in [4.69, 9.17) is 5.26 Å². The summed E-state index contributed by atoms with van der Waals surface area (Å²) < 4.78 is 0. The number of rotatable bonds is 4. The maximum Gasteiger partial charge on any atom is 0.182 e. The first kappa shape index (κ1) is 7.20. The Hall–Kier alpha value is -0.910. The van der Waals surface area contributed by atoms with Crippen molar-refractivity contribution in [2.45, 2.75) is 32.4 Å². The van der Waals surface area contributed by atoms with Gasteiger partial charge in [0.2, 0.25) is 0 Å². The van der Waals surface area contributed by atoms with Crippen LogP contribution in [0.25, 0.3) is 0 Å². The van der Waals surface area contributed by atoms with E-state index in [1.807, 2.05) is 0 Å². The number of hydrogen-bond acceptors (Lipinski definition) is 3. The van der Waals surface area contributed by atoms with Crippen LogP contribution >= 0.6 is 0 Å². The molecule has 0 N–H and O–H groups in total. The van der Waals surface area contributed by atoms with Crippen LogP contribution in [0.5, 0.6) is 0 Å². The molecule has 0 aromatic rings. The van der Waals surface area contributed by atoms with E-state index < -0.39 is 0 Å². The molecule has 1 rings (SSSR count). The van der Waals surface area contributed by atoms with Crippen LogP contribution in [0.3, 0.4) is 0 Å². The summed E-state index contributed by atoms with van der Waals surface area (Å²) in [5.74, 6) is 0.171. The molecule has 0 aromatic heterocycles. The van der Waals surface area contributed by atoms with Gasteiger partial charge in [0, 0.05) is 6.42 Å². The second-order valence-corrected chi connectivity index (χ2v) is 2.56. The molecule has 0 amide bonds. The molecule has 1 aliphatic rings. The van der Waals surface area contributed by atoms with Gasteiger partial charge in [-0.15, -0.1) is 0 Å². The van der Waals surface area contributed by atoms with E-state index in [0.29, 0.717) is 0 Å². The molecule has 0 spiro atoms. The zero-order valence-electron chi connectivity index (χ0n) is 6.12. The average molecular weight is 137 g/mol. The van der Waals surface area contributed by atoms with Crippen molar-refractivity contribution in [2.75, 3.05) is 0 Å². The molecule has 1 atom stereocenters. The van der Waals surface area contributed by atoms with Gasteiger partial charge in [0.15, 0.2) is 6.17 Å². The minimum Gasteiger partial charge on any atom is -0.198 e. The smallest absolute Gasteiger partial charge is 0.182 e. The molecular formula is C7H11N3. The third-order valence-electron chi connectivity index (χ3n) is 1.59. The lowest BCUT2D eigenvalue weighted by molar-refractivity contribution is 0.537. The van der Waals surface area contributed by atoms with Crippen molar-refractivity contribution in [1.82, 2.24) is 0 Å². The first-order valence-electron chi connectivity index (χ1n) is 3.66. The van der Waals surface area contributed by atoms with Gasteiger partial charge in [0.05, 0.1) is 12.0 Å². The molecule has 1 heterocycles. The highest BCUT2D eigenvalue weighted by Gasteiger charge is 2.20. The van der Waals surface area contributed by atoms with Crippen molar-refractivity contribution in [3.8, 4) is 6.07 Å². The van der Waals surface area contributed by atoms with E-state index in [-0.39, 0.29) is 12.1 Å². The second-order valence-electron chi connectivity index (χ2n) is 2.56. The van der Waals surface area contributed by atoms with Gasteiger partial charge >= 0.3 is 0 Å². The summed E-state index contributed by atoms with van der Waals surface area (Å²) in [6.07, 6.45) is 3.06. The van der Waals surface area contributed by atoms with Crippen molar-refractivity contribution in [1.29, 1.82) is 5.26 Å². The lowest BCUT2D eigenvalue weighted by Crippen LogP contribution is -2.00. The van der Waals surface area contributed by atoms with Gasteiger partial charge in [-0.2, -0.15) is 15.5 Å². The zero-order valence-corrected chi connectivity index (χ0v) is 6.12. The lowest BCUT2D eigenvalue weighted by Gasteiger charge is -2.01. The highest BCUT2D eigenvalue weighted by Crippen LogP contribution is 2.22. The SMILES string of the molecule is CCCC(C#N)CC1N=N1. The van der Waals surface area contributed by atoms with E-state index in [0.717, 1.165) is 19.3 Å². The van der Waals surface area contributed by atoms with Gasteiger partial charge in [-0.05, 0) is 6.42 Å². The van der Waals surface area contributed by atoms with Gasteiger partial charge in [-0.25, -0.2) is 0 Å². The Morgan fingerprint density at radius 2 is 2.30 bits per heavy atom. The quantitative estimate of drug-likeness (QED) is 0.585. The minimum absolute atomic E-state index is 0.163. The molecule has 0 saturated carbocycles. The normalized spacial score (nSPS) is 18.4. The molecule has 0 fully saturated rings. The van der Waals surface area contributed by atoms with E-state index >= 15 is 0 Å². The Bertz CT molecular complexity index is 162. The van der Waals surface area contributed by atoms with E-state index in [2.05, 4.69) is 23.2 Å². The van der Waals surface area contributed by atoms with Crippen LogP contribution in [0.1, 0.15) is 26.2 Å². The van der Waals surface area contributed by atoms with Crippen LogP contribution in [0.2, 0.25) is 0 Å². The highest BCUT2D eigenvalue weighted by atomic mass is 15.4. The predicted octanol–water partition coefficient (Wildman–Crippen LogP) is 2.11. The average Bonchev–Trinajstić information content (AvgIpc) is 2.71. The van der Waals surface area contributed by atoms with Crippen molar-refractivity contribution >= 4 is 0 Å². The van der Waals surface area contributed by atoms with Gasteiger partial charge < -0.3 is 0 Å². The maximum absolute atomic E-state index is 8.60. The van der Waals surface area contributed by atoms with Crippen molar-refractivity contribution in [3.05, 3.63) is 0 Å².